The summed E-state index contributed by atoms with van der Waals surface area (Å²) < 4.78 is 33.7. The van der Waals surface area contributed by atoms with Gasteiger partial charge in [-0.3, -0.25) is 0 Å². The molecule has 6 nitrogen and oxygen atoms in total. The molecule has 0 heterocycles. The van der Waals surface area contributed by atoms with Gasteiger partial charge < -0.3 is 9.47 Å². The van der Waals surface area contributed by atoms with Crippen molar-refractivity contribution >= 4 is 16.0 Å². The predicted octanol–water partition coefficient (Wildman–Crippen LogP) is 2.50. The van der Waals surface area contributed by atoms with Gasteiger partial charge in [-0.2, -0.15) is 0 Å². The standard InChI is InChI=1S/C18H21NO5S/c1-12-7-8-15(25(19,21)22)11-16(12)18(20)24-10-9-23-17-13(2)5-4-6-14(17)3/h4-8,11H,9-10H2,1-3H3,(H2,19,21,22). The number of hydrogen-bond acceptors (Lipinski definition) is 5. The Balaban J connectivity index is 1.99. The molecule has 2 aromatic rings. The Morgan fingerprint density at radius 1 is 1.00 bits per heavy atom. The first-order valence-electron chi connectivity index (χ1n) is 7.69. The first kappa shape index (κ1) is 19.0. The topological polar surface area (TPSA) is 95.7 Å². The van der Waals surface area contributed by atoms with E-state index in [4.69, 9.17) is 14.6 Å². The summed E-state index contributed by atoms with van der Waals surface area (Å²) in [6.07, 6.45) is 0. The second-order valence-electron chi connectivity index (χ2n) is 5.73. The van der Waals surface area contributed by atoms with E-state index in [2.05, 4.69) is 0 Å². The van der Waals surface area contributed by atoms with Crippen molar-refractivity contribution in [1.82, 2.24) is 0 Å². The maximum Gasteiger partial charge on any atom is 0.338 e. The van der Waals surface area contributed by atoms with E-state index in [0.29, 0.717) is 5.56 Å². The van der Waals surface area contributed by atoms with E-state index in [1.54, 1.807) is 6.92 Å². The lowest BCUT2D eigenvalue weighted by atomic mass is 10.1. The summed E-state index contributed by atoms with van der Waals surface area (Å²) in [5.41, 5.74) is 2.78. The molecule has 0 atom stereocenters. The van der Waals surface area contributed by atoms with Crippen LogP contribution in [0.4, 0.5) is 0 Å². The fourth-order valence-electron chi connectivity index (χ4n) is 2.38. The number of ether oxygens (including phenoxy) is 2. The van der Waals surface area contributed by atoms with Crippen LogP contribution in [0, 0.1) is 20.8 Å². The lowest BCUT2D eigenvalue weighted by Gasteiger charge is -2.12. The van der Waals surface area contributed by atoms with Crippen molar-refractivity contribution in [3.63, 3.8) is 0 Å². The van der Waals surface area contributed by atoms with E-state index in [0.717, 1.165) is 16.9 Å². The summed E-state index contributed by atoms with van der Waals surface area (Å²) in [5.74, 6) is 0.152. The third-order valence-corrected chi connectivity index (χ3v) is 4.64. The number of sulfonamides is 1. The van der Waals surface area contributed by atoms with E-state index in [1.807, 2.05) is 32.0 Å². The molecule has 0 aliphatic rings. The van der Waals surface area contributed by atoms with Gasteiger partial charge in [0.05, 0.1) is 10.5 Å². The number of hydrogen-bond donors (Lipinski definition) is 1. The highest BCUT2D eigenvalue weighted by molar-refractivity contribution is 7.89. The van der Waals surface area contributed by atoms with Crippen molar-refractivity contribution < 1.29 is 22.7 Å². The number of aryl methyl sites for hydroxylation is 3. The smallest absolute Gasteiger partial charge is 0.338 e. The molecule has 0 aliphatic heterocycles. The van der Waals surface area contributed by atoms with E-state index in [9.17, 15) is 13.2 Å². The highest BCUT2D eigenvalue weighted by Crippen LogP contribution is 2.22. The lowest BCUT2D eigenvalue weighted by molar-refractivity contribution is 0.0448. The number of rotatable bonds is 6. The first-order valence-corrected chi connectivity index (χ1v) is 9.24. The molecule has 0 bridgehead atoms. The molecule has 0 aliphatic carbocycles. The Bertz CT molecular complexity index is 870. The maximum atomic E-state index is 12.2. The monoisotopic (exact) mass is 363 g/mol. The molecule has 0 unspecified atom stereocenters. The summed E-state index contributed by atoms with van der Waals surface area (Å²) in [5, 5.41) is 5.09. The number of esters is 1. The van der Waals surface area contributed by atoms with Crippen LogP contribution in [0.15, 0.2) is 41.3 Å². The minimum Gasteiger partial charge on any atom is -0.489 e. The van der Waals surface area contributed by atoms with Gasteiger partial charge in [0.2, 0.25) is 10.0 Å². The predicted molar refractivity (Wildman–Crippen MR) is 94.2 cm³/mol. The fraction of sp³-hybridized carbons (Fsp3) is 0.278. The van der Waals surface area contributed by atoms with E-state index in [-0.39, 0.29) is 23.7 Å². The van der Waals surface area contributed by atoms with Gasteiger partial charge in [0.25, 0.3) is 0 Å². The molecule has 134 valence electrons. The molecule has 0 radical (unpaired) electrons. The molecule has 0 saturated carbocycles. The highest BCUT2D eigenvalue weighted by atomic mass is 32.2. The van der Waals surface area contributed by atoms with Crippen LogP contribution in [0.3, 0.4) is 0 Å². The van der Waals surface area contributed by atoms with Gasteiger partial charge >= 0.3 is 5.97 Å². The number of nitrogens with two attached hydrogens (primary N) is 1. The Kier molecular flexibility index (Phi) is 5.81. The van der Waals surface area contributed by atoms with Crippen LogP contribution in [0.25, 0.3) is 0 Å². The van der Waals surface area contributed by atoms with Crippen LogP contribution in [0.2, 0.25) is 0 Å². The van der Waals surface area contributed by atoms with E-state index >= 15 is 0 Å². The SMILES string of the molecule is Cc1ccc(S(N)(=O)=O)cc1C(=O)OCCOc1c(C)cccc1C. The van der Waals surface area contributed by atoms with Crippen molar-refractivity contribution in [2.24, 2.45) is 5.14 Å². The highest BCUT2D eigenvalue weighted by Gasteiger charge is 2.16. The van der Waals surface area contributed by atoms with Crippen LogP contribution >= 0.6 is 0 Å². The van der Waals surface area contributed by atoms with Crippen molar-refractivity contribution in [1.29, 1.82) is 0 Å². The largest absolute Gasteiger partial charge is 0.489 e. The van der Waals surface area contributed by atoms with Gasteiger partial charge in [0, 0.05) is 0 Å². The van der Waals surface area contributed by atoms with Crippen LogP contribution in [-0.2, 0) is 14.8 Å². The molecule has 2 aromatic carbocycles. The molecule has 0 saturated heterocycles. The number of carbonyl (C=O) groups excluding carboxylic acids is 1. The summed E-state index contributed by atoms with van der Waals surface area (Å²) in [7, 11) is -3.88. The van der Waals surface area contributed by atoms with Crippen LogP contribution < -0.4 is 9.88 Å². The van der Waals surface area contributed by atoms with Gasteiger partial charge in [-0.1, -0.05) is 24.3 Å². The summed E-state index contributed by atoms with van der Waals surface area (Å²) in [6, 6.07) is 9.92. The zero-order valence-corrected chi connectivity index (χ0v) is 15.2. The molecule has 7 heteroatoms. The molecule has 0 fully saturated rings. The number of primary sulfonamides is 1. The third kappa shape index (κ3) is 4.80. The normalized spacial score (nSPS) is 11.2. The lowest BCUT2D eigenvalue weighted by Crippen LogP contribution is -2.16. The Hall–Kier alpha value is -2.38. The van der Waals surface area contributed by atoms with Crippen LogP contribution in [-0.4, -0.2) is 27.6 Å². The Morgan fingerprint density at radius 3 is 2.24 bits per heavy atom. The third-order valence-electron chi connectivity index (χ3n) is 3.73. The molecule has 0 spiro atoms. The van der Waals surface area contributed by atoms with Crippen molar-refractivity contribution in [2.45, 2.75) is 25.7 Å². The minimum absolute atomic E-state index is 0.0473. The summed E-state index contributed by atoms with van der Waals surface area (Å²) in [6.45, 7) is 5.82. The number of para-hydroxylation sites is 1. The molecule has 0 amide bonds. The van der Waals surface area contributed by atoms with Gasteiger partial charge in [-0.05, 0) is 49.6 Å². The molecule has 2 rings (SSSR count). The molecule has 0 aromatic heterocycles. The van der Waals surface area contributed by atoms with Gasteiger partial charge in [0.1, 0.15) is 19.0 Å². The molecule has 25 heavy (non-hydrogen) atoms. The second kappa shape index (κ2) is 7.67. The van der Waals surface area contributed by atoms with Crippen molar-refractivity contribution in [2.75, 3.05) is 13.2 Å². The average molecular weight is 363 g/mol. The molecular formula is C18H21NO5S. The molecular weight excluding hydrogens is 342 g/mol. The fourth-order valence-corrected chi connectivity index (χ4v) is 2.92. The van der Waals surface area contributed by atoms with Gasteiger partial charge in [0.15, 0.2) is 0 Å². The van der Waals surface area contributed by atoms with Crippen molar-refractivity contribution in [3.8, 4) is 5.75 Å². The average Bonchev–Trinajstić information content (AvgIpc) is 2.52. The number of benzene rings is 2. The second-order valence-corrected chi connectivity index (χ2v) is 7.29. The molecule has 2 N–H and O–H groups in total. The van der Waals surface area contributed by atoms with E-state index in [1.165, 1.54) is 18.2 Å². The summed E-state index contributed by atoms with van der Waals surface area (Å²) in [4.78, 5) is 12.0. The minimum atomic E-state index is -3.88. The number of carbonyl (C=O) groups is 1. The first-order chi connectivity index (χ1) is 11.7. The van der Waals surface area contributed by atoms with Gasteiger partial charge in [-0.15, -0.1) is 0 Å². The van der Waals surface area contributed by atoms with Crippen LogP contribution in [0.1, 0.15) is 27.0 Å². The van der Waals surface area contributed by atoms with E-state index < -0.39 is 16.0 Å². The Morgan fingerprint density at radius 2 is 1.64 bits per heavy atom. The van der Waals surface area contributed by atoms with Crippen LogP contribution in [0.5, 0.6) is 5.75 Å². The van der Waals surface area contributed by atoms with Crippen molar-refractivity contribution in [3.05, 3.63) is 58.7 Å². The maximum absolute atomic E-state index is 12.2. The zero-order valence-electron chi connectivity index (χ0n) is 14.4. The van der Waals surface area contributed by atoms with Gasteiger partial charge in [-0.25, -0.2) is 18.4 Å². The Labute approximate surface area is 147 Å². The zero-order chi connectivity index (χ0) is 18.6. The summed E-state index contributed by atoms with van der Waals surface area (Å²) >= 11 is 0. The quantitative estimate of drug-likeness (QED) is 0.628.